The van der Waals surface area contributed by atoms with Crippen molar-refractivity contribution in [3.8, 4) is 6.07 Å². The predicted molar refractivity (Wildman–Crippen MR) is 67.2 cm³/mol. The van der Waals surface area contributed by atoms with Gasteiger partial charge < -0.3 is 10.2 Å². The maximum absolute atomic E-state index is 8.70. The number of rotatable bonds is 9. The van der Waals surface area contributed by atoms with Crippen LogP contribution in [0.3, 0.4) is 0 Å². The minimum Gasteiger partial charge on any atom is -0.316 e. The fourth-order valence-corrected chi connectivity index (χ4v) is 2.08. The van der Waals surface area contributed by atoms with Crippen LogP contribution in [0.5, 0.6) is 0 Å². The molecule has 0 heterocycles. The minimum atomic E-state index is 0.351. The monoisotopic (exact) mass is 223 g/mol. The van der Waals surface area contributed by atoms with Crippen LogP contribution in [0, 0.1) is 16.7 Å². The molecule has 0 bridgehead atoms. The Hall–Kier alpha value is -0.590. The molecule has 0 atom stereocenters. The molecule has 0 spiro atoms. The first-order valence-electron chi connectivity index (χ1n) is 6.56. The zero-order valence-corrected chi connectivity index (χ0v) is 10.8. The molecule has 1 saturated carbocycles. The Balaban J connectivity index is 1.98. The van der Waals surface area contributed by atoms with Crippen molar-refractivity contribution in [3.05, 3.63) is 0 Å². The summed E-state index contributed by atoms with van der Waals surface area (Å²) in [6.45, 7) is 10.0. The van der Waals surface area contributed by atoms with Gasteiger partial charge in [-0.25, -0.2) is 0 Å². The summed E-state index contributed by atoms with van der Waals surface area (Å²) in [4.78, 5) is 2.45. The highest BCUT2D eigenvalue weighted by Gasteiger charge is 2.41. The Morgan fingerprint density at radius 3 is 2.50 bits per heavy atom. The number of hydrogen-bond donors (Lipinski definition) is 1. The first-order chi connectivity index (χ1) is 7.76. The molecule has 1 N–H and O–H groups in total. The van der Waals surface area contributed by atoms with Crippen LogP contribution in [0.4, 0.5) is 0 Å². The van der Waals surface area contributed by atoms with Gasteiger partial charge in [0.2, 0.25) is 0 Å². The van der Waals surface area contributed by atoms with E-state index in [9.17, 15) is 0 Å². The lowest BCUT2D eigenvalue weighted by Crippen LogP contribution is -2.29. The summed E-state index contributed by atoms with van der Waals surface area (Å²) >= 11 is 0. The van der Waals surface area contributed by atoms with Crippen molar-refractivity contribution in [2.45, 2.75) is 39.5 Å². The van der Waals surface area contributed by atoms with Crippen molar-refractivity contribution in [2.24, 2.45) is 5.41 Å². The molecule has 0 aromatic heterocycles. The smallest absolute Gasteiger partial charge is 0.0628 e. The SMILES string of the molecule is CCN(CC)CCCNCC1(CC#N)CC1. The second-order valence-corrected chi connectivity index (χ2v) is 4.89. The van der Waals surface area contributed by atoms with Crippen molar-refractivity contribution in [1.82, 2.24) is 10.2 Å². The predicted octanol–water partition coefficient (Wildman–Crippen LogP) is 2.00. The molecule has 1 rings (SSSR count). The summed E-state index contributed by atoms with van der Waals surface area (Å²) < 4.78 is 0. The van der Waals surface area contributed by atoms with E-state index in [0.717, 1.165) is 32.6 Å². The quantitative estimate of drug-likeness (QED) is 0.608. The first-order valence-corrected chi connectivity index (χ1v) is 6.56. The largest absolute Gasteiger partial charge is 0.316 e. The van der Waals surface area contributed by atoms with Gasteiger partial charge in [0.1, 0.15) is 0 Å². The van der Waals surface area contributed by atoms with Crippen LogP contribution < -0.4 is 5.32 Å². The van der Waals surface area contributed by atoms with Gasteiger partial charge in [0.25, 0.3) is 0 Å². The van der Waals surface area contributed by atoms with Crippen molar-refractivity contribution >= 4 is 0 Å². The molecule has 0 aliphatic heterocycles. The zero-order valence-electron chi connectivity index (χ0n) is 10.8. The maximum Gasteiger partial charge on any atom is 0.0628 e. The summed E-state index contributed by atoms with van der Waals surface area (Å²) in [7, 11) is 0. The van der Waals surface area contributed by atoms with Gasteiger partial charge in [-0.15, -0.1) is 0 Å². The van der Waals surface area contributed by atoms with Crippen LogP contribution in [-0.4, -0.2) is 37.6 Å². The molecule has 16 heavy (non-hydrogen) atoms. The zero-order chi connectivity index (χ0) is 11.9. The van der Waals surface area contributed by atoms with E-state index in [1.165, 1.54) is 25.8 Å². The summed E-state index contributed by atoms with van der Waals surface area (Å²) in [6.07, 6.45) is 4.42. The van der Waals surface area contributed by atoms with Gasteiger partial charge >= 0.3 is 0 Å². The molecule has 3 nitrogen and oxygen atoms in total. The van der Waals surface area contributed by atoms with Crippen LogP contribution >= 0.6 is 0 Å². The second kappa shape index (κ2) is 6.88. The molecule has 0 saturated heterocycles. The summed E-state index contributed by atoms with van der Waals surface area (Å²) in [5, 5.41) is 12.2. The third kappa shape index (κ3) is 4.51. The van der Waals surface area contributed by atoms with Gasteiger partial charge in [0.15, 0.2) is 0 Å². The molecule has 0 amide bonds. The maximum atomic E-state index is 8.70. The molecule has 0 radical (unpaired) electrons. The van der Waals surface area contributed by atoms with Gasteiger partial charge in [-0.1, -0.05) is 13.8 Å². The highest BCUT2D eigenvalue weighted by Crippen LogP contribution is 2.47. The number of nitriles is 1. The van der Waals surface area contributed by atoms with Crippen LogP contribution in [0.25, 0.3) is 0 Å². The molecule has 1 fully saturated rings. The number of nitrogens with one attached hydrogen (secondary N) is 1. The molecule has 0 unspecified atom stereocenters. The highest BCUT2D eigenvalue weighted by molar-refractivity contribution is 5.00. The highest BCUT2D eigenvalue weighted by atomic mass is 15.1. The average Bonchev–Trinajstić information content (AvgIpc) is 3.04. The molecular formula is C13H25N3. The average molecular weight is 223 g/mol. The van der Waals surface area contributed by atoms with E-state index in [1.54, 1.807) is 0 Å². The molecule has 1 aliphatic rings. The second-order valence-electron chi connectivity index (χ2n) is 4.89. The molecule has 0 aromatic carbocycles. The van der Waals surface area contributed by atoms with E-state index in [1.807, 2.05) is 0 Å². The van der Waals surface area contributed by atoms with Gasteiger partial charge in [0.05, 0.1) is 6.07 Å². The van der Waals surface area contributed by atoms with E-state index in [0.29, 0.717) is 5.41 Å². The van der Waals surface area contributed by atoms with Crippen molar-refractivity contribution in [2.75, 3.05) is 32.7 Å². The molecular weight excluding hydrogens is 198 g/mol. The van der Waals surface area contributed by atoms with Gasteiger partial charge in [-0.2, -0.15) is 5.26 Å². The van der Waals surface area contributed by atoms with Gasteiger partial charge in [-0.05, 0) is 50.9 Å². The van der Waals surface area contributed by atoms with Crippen molar-refractivity contribution in [3.63, 3.8) is 0 Å². The standard InChI is InChI=1S/C13H25N3/c1-3-16(4-2)11-5-10-15-12-13(6-7-13)8-9-14/h15H,3-8,10-12H2,1-2H3. The minimum absolute atomic E-state index is 0.351. The first kappa shape index (κ1) is 13.5. The number of nitrogens with zero attached hydrogens (tertiary/aromatic N) is 2. The van der Waals surface area contributed by atoms with E-state index in [2.05, 4.69) is 30.1 Å². The van der Waals surface area contributed by atoms with Crippen LogP contribution in [0.1, 0.15) is 39.5 Å². The van der Waals surface area contributed by atoms with Gasteiger partial charge in [0, 0.05) is 13.0 Å². The van der Waals surface area contributed by atoms with Gasteiger partial charge in [-0.3, -0.25) is 0 Å². The third-order valence-electron chi connectivity index (χ3n) is 3.63. The lowest BCUT2D eigenvalue weighted by atomic mass is 10.0. The Morgan fingerprint density at radius 2 is 2.00 bits per heavy atom. The summed E-state index contributed by atoms with van der Waals surface area (Å²) in [5.74, 6) is 0. The fraction of sp³-hybridized carbons (Fsp3) is 0.923. The van der Waals surface area contributed by atoms with Crippen LogP contribution in [0.15, 0.2) is 0 Å². The van der Waals surface area contributed by atoms with E-state index >= 15 is 0 Å². The summed E-state index contributed by atoms with van der Waals surface area (Å²) in [5.41, 5.74) is 0.351. The Bertz CT molecular complexity index is 224. The van der Waals surface area contributed by atoms with E-state index in [4.69, 9.17) is 5.26 Å². The Labute approximate surface area is 99.8 Å². The van der Waals surface area contributed by atoms with Crippen molar-refractivity contribution in [1.29, 1.82) is 5.26 Å². The van der Waals surface area contributed by atoms with E-state index in [-0.39, 0.29) is 0 Å². The number of hydrogen-bond acceptors (Lipinski definition) is 3. The Kier molecular flexibility index (Phi) is 5.79. The Morgan fingerprint density at radius 1 is 1.31 bits per heavy atom. The summed E-state index contributed by atoms with van der Waals surface area (Å²) in [6, 6.07) is 2.30. The van der Waals surface area contributed by atoms with Crippen LogP contribution in [-0.2, 0) is 0 Å². The molecule has 3 heteroatoms. The topological polar surface area (TPSA) is 39.1 Å². The van der Waals surface area contributed by atoms with E-state index < -0.39 is 0 Å². The lowest BCUT2D eigenvalue weighted by molar-refractivity contribution is 0.296. The van der Waals surface area contributed by atoms with Crippen LogP contribution in [0.2, 0.25) is 0 Å². The fourth-order valence-electron chi connectivity index (χ4n) is 2.08. The van der Waals surface area contributed by atoms with Crippen molar-refractivity contribution < 1.29 is 0 Å². The lowest BCUT2D eigenvalue weighted by Gasteiger charge is -2.18. The molecule has 1 aliphatic carbocycles. The third-order valence-corrected chi connectivity index (χ3v) is 3.63. The molecule has 0 aromatic rings. The normalized spacial score (nSPS) is 17.4. The molecule has 92 valence electrons.